The lowest BCUT2D eigenvalue weighted by Gasteiger charge is -2.39. The van der Waals surface area contributed by atoms with Crippen LogP contribution in [0.25, 0.3) is 0 Å². The lowest BCUT2D eigenvalue weighted by atomic mass is 9.90. The summed E-state index contributed by atoms with van der Waals surface area (Å²) in [5, 5.41) is 0. The average molecular weight is 350 g/mol. The van der Waals surface area contributed by atoms with Crippen molar-refractivity contribution in [1.82, 2.24) is 9.80 Å². The summed E-state index contributed by atoms with van der Waals surface area (Å²) in [6.45, 7) is 2.68. The van der Waals surface area contributed by atoms with E-state index in [1.807, 2.05) is 59.5 Å². The van der Waals surface area contributed by atoms with Crippen LogP contribution in [0.3, 0.4) is 0 Å². The van der Waals surface area contributed by atoms with Crippen LogP contribution < -0.4 is 0 Å². The molecule has 1 unspecified atom stereocenters. The smallest absolute Gasteiger partial charge is 0.250 e. The van der Waals surface area contributed by atoms with Crippen molar-refractivity contribution < 1.29 is 14.3 Å². The van der Waals surface area contributed by atoms with Crippen LogP contribution in [-0.4, -0.2) is 47.9 Å². The summed E-state index contributed by atoms with van der Waals surface area (Å²) >= 11 is 0. The molecule has 1 atom stereocenters. The summed E-state index contributed by atoms with van der Waals surface area (Å²) in [6, 6.07) is 17.1. The van der Waals surface area contributed by atoms with E-state index >= 15 is 0 Å². The molecule has 0 bridgehead atoms. The van der Waals surface area contributed by atoms with Crippen molar-refractivity contribution in [2.45, 2.75) is 19.0 Å². The third-order valence-corrected chi connectivity index (χ3v) is 5.08. The standard InChI is InChI=1S/C21H22N2O3/c24-19-14-17-8-4-5-9-18(17)20(21(25)22-10-12-26-13-11-22)23(19)15-16-6-2-1-3-7-16/h1-9,20H,10-15H2. The van der Waals surface area contributed by atoms with Crippen molar-refractivity contribution in [1.29, 1.82) is 0 Å². The number of morpholine rings is 1. The molecule has 134 valence electrons. The zero-order valence-corrected chi connectivity index (χ0v) is 14.6. The molecule has 1 fully saturated rings. The van der Waals surface area contributed by atoms with Gasteiger partial charge in [-0.3, -0.25) is 9.59 Å². The van der Waals surface area contributed by atoms with Gasteiger partial charge in [0.15, 0.2) is 0 Å². The summed E-state index contributed by atoms with van der Waals surface area (Å²) < 4.78 is 5.38. The lowest BCUT2D eigenvalue weighted by Crippen LogP contribution is -2.50. The number of rotatable bonds is 3. The fourth-order valence-electron chi connectivity index (χ4n) is 3.72. The number of hydrogen-bond acceptors (Lipinski definition) is 3. The number of fused-ring (bicyclic) bond motifs is 1. The van der Waals surface area contributed by atoms with Crippen LogP contribution in [0.1, 0.15) is 22.7 Å². The maximum Gasteiger partial charge on any atom is 0.250 e. The van der Waals surface area contributed by atoms with Crippen molar-refractivity contribution in [2.24, 2.45) is 0 Å². The number of ether oxygens (including phenoxy) is 1. The Balaban J connectivity index is 1.70. The molecule has 5 nitrogen and oxygen atoms in total. The Morgan fingerprint density at radius 1 is 1.00 bits per heavy atom. The first-order valence-corrected chi connectivity index (χ1v) is 9.02. The Hall–Kier alpha value is -2.66. The Morgan fingerprint density at radius 2 is 1.69 bits per heavy atom. The largest absolute Gasteiger partial charge is 0.378 e. The minimum atomic E-state index is -0.564. The van der Waals surface area contributed by atoms with E-state index in [0.717, 1.165) is 16.7 Å². The molecule has 0 radical (unpaired) electrons. The molecule has 0 aromatic heterocycles. The van der Waals surface area contributed by atoms with Gasteiger partial charge < -0.3 is 14.5 Å². The zero-order valence-electron chi connectivity index (χ0n) is 14.6. The van der Waals surface area contributed by atoms with Crippen molar-refractivity contribution in [3.05, 3.63) is 71.3 Å². The summed E-state index contributed by atoms with van der Waals surface area (Å²) in [5.74, 6) is -0.0103. The van der Waals surface area contributed by atoms with Gasteiger partial charge in [-0.1, -0.05) is 54.6 Å². The fraction of sp³-hybridized carbons (Fsp3) is 0.333. The first-order valence-electron chi connectivity index (χ1n) is 9.02. The minimum Gasteiger partial charge on any atom is -0.378 e. The van der Waals surface area contributed by atoms with Crippen LogP contribution >= 0.6 is 0 Å². The maximum atomic E-state index is 13.3. The molecule has 2 amide bonds. The first-order chi connectivity index (χ1) is 12.7. The summed E-state index contributed by atoms with van der Waals surface area (Å²) in [5.41, 5.74) is 2.92. The van der Waals surface area contributed by atoms with Gasteiger partial charge in [0.25, 0.3) is 0 Å². The van der Waals surface area contributed by atoms with E-state index in [0.29, 0.717) is 39.3 Å². The Labute approximate surface area is 153 Å². The van der Waals surface area contributed by atoms with E-state index < -0.39 is 6.04 Å². The van der Waals surface area contributed by atoms with Crippen molar-refractivity contribution in [3.8, 4) is 0 Å². The van der Waals surface area contributed by atoms with Gasteiger partial charge in [0.05, 0.1) is 19.6 Å². The molecule has 0 saturated carbocycles. The zero-order chi connectivity index (χ0) is 17.9. The maximum absolute atomic E-state index is 13.3. The third-order valence-electron chi connectivity index (χ3n) is 5.08. The van der Waals surface area contributed by atoms with Gasteiger partial charge in [-0.25, -0.2) is 0 Å². The molecule has 0 spiro atoms. The Kier molecular flexibility index (Phi) is 4.71. The van der Waals surface area contributed by atoms with Crippen LogP contribution in [0.15, 0.2) is 54.6 Å². The Morgan fingerprint density at radius 3 is 2.46 bits per heavy atom. The average Bonchev–Trinajstić information content (AvgIpc) is 2.69. The van der Waals surface area contributed by atoms with Gasteiger partial charge >= 0.3 is 0 Å². The fourth-order valence-corrected chi connectivity index (χ4v) is 3.72. The number of amides is 2. The highest BCUT2D eigenvalue weighted by Gasteiger charge is 2.39. The molecular formula is C21H22N2O3. The summed E-state index contributed by atoms with van der Waals surface area (Å²) in [6.07, 6.45) is 0.343. The van der Waals surface area contributed by atoms with Crippen LogP contribution in [0, 0.1) is 0 Å². The van der Waals surface area contributed by atoms with Crippen LogP contribution in [0.4, 0.5) is 0 Å². The van der Waals surface area contributed by atoms with E-state index in [2.05, 4.69) is 0 Å². The summed E-state index contributed by atoms with van der Waals surface area (Å²) in [7, 11) is 0. The van der Waals surface area contributed by atoms with Crippen molar-refractivity contribution in [3.63, 3.8) is 0 Å². The van der Waals surface area contributed by atoms with Crippen LogP contribution in [0.5, 0.6) is 0 Å². The number of hydrogen-bond donors (Lipinski definition) is 0. The van der Waals surface area contributed by atoms with E-state index in [1.165, 1.54) is 0 Å². The minimum absolute atomic E-state index is 0.000775. The summed E-state index contributed by atoms with van der Waals surface area (Å²) in [4.78, 5) is 29.8. The molecule has 2 aromatic rings. The lowest BCUT2D eigenvalue weighted by molar-refractivity contribution is -0.150. The quantitative estimate of drug-likeness (QED) is 0.852. The number of nitrogens with zero attached hydrogens (tertiary/aromatic N) is 2. The van der Waals surface area contributed by atoms with Gasteiger partial charge in [0, 0.05) is 19.6 Å². The van der Waals surface area contributed by atoms with E-state index in [4.69, 9.17) is 4.74 Å². The second-order valence-corrected chi connectivity index (χ2v) is 6.72. The molecule has 4 rings (SSSR count). The number of benzene rings is 2. The molecule has 2 heterocycles. The van der Waals surface area contributed by atoms with E-state index in [-0.39, 0.29) is 11.8 Å². The SMILES string of the molecule is O=C(C1c2ccccc2CC(=O)N1Cc1ccccc1)N1CCOCC1. The first kappa shape index (κ1) is 16.8. The van der Waals surface area contributed by atoms with Gasteiger partial charge in [-0.2, -0.15) is 0 Å². The molecule has 2 aliphatic rings. The highest BCUT2D eigenvalue weighted by atomic mass is 16.5. The Bertz CT molecular complexity index is 800. The molecule has 0 N–H and O–H groups in total. The van der Waals surface area contributed by atoms with Crippen molar-refractivity contribution >= 4 is 11.8 Å². The molecule has 26 heavy (non-hydrogen) atoms. The normalized spacial score (nSPS) is 20.0. The van der Waals surface area contributed by atoms with Crippen molar-refractivity contribution in [2.75, 3.05) is 26.3 Å². The highest BCUT2D eigenvalue weighted by Crippen LogP contribution is 2.33. The monoisotopic (exact) mass is 350 g/mol. The molecule has 2 aromatic carbocycles. The van der Waals surface area contributed by atoms with Gasteiger partial charge in [0.1, 0.15) is 6.04 Å². The predicted octanol–water partition coefficient (Wildman–Crippen LogP) is 2.17. The number of carbonyl (C=O) groups is 2. The second kappa shape index (κ2) is 7.30. The topological polar surface area (TPSA) is 49.9 Å². The molecular weight excluding hydrogens is 328 g/mol. The van der Waals surface area contributed by atoms with Gasteiger partial charge in [0.2, 0.25) is 11.8 Å². The highest BCUT2D eigenvalue weighted by molar-refractivity contribution is 5.92. The van der Waals surface area contributed by atoms with E-state index in [1.54, 1.807) is 4.90 Å². The van der Waals surface area contributed by atoms with E-state index in [9.17, 15) is 9.59 Å². The molecule has 5 heteroatoms. The third kappa shape index (κ3) is 3.22. The molecule has 0 aliphatic carbocycles. The van der Waals surface area contributed by atoms with Gasteiger partial charge in [-0.15, -0.1) is 0 Å². The van der Waals surface area contributed by atoms with Gasteiger partial charge in [-0.05, 0) is 16.7 Å². The molecule has 1 saturated heterocycles. The van der Waals surface area contributed by atoms with Crippen LogP contribution in [-0.2, 0) is 27.3 Å². The molecule has 2 aliphatic heterocycles. The predicted molar refractivity (Wildman–Crippen MR) is 97.3 cm³/mol. The van der Waals surface area contributed by atoms with Crippen LogP contribution in [0.2, 0.25) is 0 Å². The second-order valence-electron chi connectivity index (χ2n) is 6.72. The number of carbonyl (C=O) groups excluding carboxylic acids is 2.